The van der Waals surface area contributed by atoms with Gasteiger partial charge in [-0.25, -0.2) is 4.98 Å². The van der Waals surface area contributed by atoms with E-state index in [2.05, 4.69) is 36.5 Å². The summed E-state index contributed by atoms with van der Waals surface area (Å²) >= 11 is 9.39. The number of hydrogen-bond acceptors (Lipinski definition) is 4. The molecule has 0 aliphatic rings. The second-order valence-corrected chi connectivity index (χ2v) is 6.33. The molecular formula is C17H14BrClN4. The largest absolute Gasteiger partial charge is 0.340 e. The van der Waals surface area contributed by atoms with E-state index in [1.165, 1.54) is 0 Å². The van der Waals surface area contributed by atoms with Crippen LogP contribution in [0.4, 0.5) is 23.1 Å². The fraction of sp³-hybridized carbons (Fsp3) is 0.0588. The van der Waals surface area contributed by atoms with Gasteiger partial charge in [-0.2, -0.15) is 4.98 Å². The number of rotatable bonds is 4. The molecule has 2 aromatic carbocycles. The van der Waals surface area contributed by atoms with E-state index in [0.717, 1.165) is 27.2 Å². The molecule has 0 spiro atoms. The van der Waals surface area contributed by atoms with Crippen LogP contribution in [0.2, 0.25) is 5.02 Å². The topological polar surface area (TPSA) is 49.8 Å². The Balaban J connectivity index is 1.78. The van der Waals surface area contributed by atoms with Crippen LogP contribution in [-0.2, 0) is 0 Å². The van der Waals surface area contributed by atoms with Gasteiger partial charge < -0.3 is 10.6 Å². The minimum atomic E-state index is 0.525. The number of benzene rings is 2. The minimum Gasteiger partial charge on any atom is -0.340 e. The van der Waals surface area contributed by atoms with Crippen LogP contribution in [0.3, 0.4) is 0 Å². The molecule has 4 nitrogen and oxygen atoms in total. The zero-order chi connectivity index (χ0) is 16.2. The van der Waals surface area contributed by atoms with Gasteiger partial charge in [-0.1, -0.05) is 27.5 Å². The van der Waals surface area contributed by atoms with Crippen molar-refractivity contribution >= 4 is 50.7 Å². The molecule has 23 heavy (non-hydrogen) atoms. The highest BCUT2D eigenvalue weighted by Gasteiger charge is 2.04. The van der Waals surface area contributed by atoms with E-state index in [1.54, 1.807) is 6.20 Å². The smallest absolute Gasteiger partial charge is 0.229 e. The van der Waals surface area contributed by atoms with Crippen molar-refractivity contribution in [2.45, 2.75) is 6.92 Å². The molecule has 0 unspecified atom stereocenters. The Morgan fingerprint density at radius 2 is 1.78 bits per heavy atom. The molecule has 6 heteroatoms. The lowest BCUT2D eigenvalue weighted by Gasteiger charge is -2.10. The molecule has 3 aromatic rings. The van der Waals surface area contributed by atoms with E-state index in [4.69, 9.17) is 11.6 Å². The van der Waals surface area contributed by atoms with Crippen LogP contribution in [0, 0.1) is 6.92 Å². The maximum absolute atomic E-state index is 5.97. The first kappa shape index (κ1) is 15.8. The average Bonchev–Trinajstić information content (AvgIpc) is 2.53. The molecule has 2 N–H and O–H groups in total. The van der Waals surface area contributed by atoms with Crippen LogP contribution in [0.25, 0.3) is 0 Å². The number of aryl methyl sites for hydroxylation is 1. The van der Waals surface area contributed by atoms with E-state index in [-0.39, 0.29) is 0 Å². The van der Waals surface area contributed by atoms with E-state index in [1.807, 2.05) is 55.5 Å². The van der Waals surface area contributed by atoms with Crippen molar-refractivity contribution in [3.05, 3.63) is 69.8 Å². The highest BCUT2D eigenvalue weighted by atomic mass is 79.9. The molecule has 0 aliphatic heterocycles. The molecule has 0 bridgehead atoms. The molecule has 0 amide bonds. The third-order valence-corrected chi connectivity index (χ3v) is 3.97. The highest BCUT2D eigenvalue weighted by Crippen LogP contribution is 2.23. The van der Waals surface area contributed by atoms with Crippen molar-refractivity contribution in [3.63, 3.8) is 0 Å². The van der Waals surface area contributed by atoms with Gasteiger partial charge in [-0.3, -0.25) is 0 Å². The zero-order valence-corrected chi connectivity index (χ0v) is 14.7. The Morgan fingerprint density at radius 3 is 2.52 bits per heavy atom. The Morgan fingerprint density at radius 1 is 1.00 bits per heavy atom. The summed E-state index contributed by atoms with van der Waals surface area (Å²) in [6.07, 6.45) is 1.71. The monoisotopic (exact) mass is 388 g/mol. The summed E-state index contributed by atoms with van der Waals surface area (Å²) in [7, 11) is 0. The predicted octanol–water partition coefficient (Wildman–Crippen LogP) is 5.69. The average molecular weight is 390 g/mol. The molecule has 1 aromatic heterocycles. The number of nitrogens with zero attached hydrogens (tertiary/aromatic N) is 2. The normalized spacial score (nSPS) is 10.4. The second kappa shape index (κ2) is 6.98. The van der Waals surface area contributed by atoms with Gasteiger partial charge in [0.15, 0.2) is 0 Å². The summed E-state index contributed by atoms with van der Waals surface area (Å²) in [5, 5.41) is 7.16. The molecule has 1 heterocycles. The van der Waals surface area contributed by atoms with Gasteiger partial charge in [0.2, 0.25) is 5.95 Å². The molecule has 0 fully saturated rings. The van der Waals surface area contributed by atoms with Gasteiger partial charge in [0, 0.05) is 27.1 Å². The fourth-order valence-corrected chi connectivity index (χ4v) is 2.55. The molecular weight excluding hydrogens is 376 g/mol. The van der Waals surface area contributed by atoms with Crippen LogP contribution >= 0.6 is 27.5 Å². The van der Waals surface area contributed by atoms with Crippen molar-refractivity contribution in [2.75, 3.05) is 10.6 Å². The van der Waals surface area contributed by atoms with Gasteiger partial charge in [-0.05, 0) is 61.0 Å². The van der Waals surface area contributed by atoms with E-state index in [0.29, 0.717) is 11.0 Å². The summed E-state index contributed by atoms with van der Waals surface area (Å²) in [6, 6.07) is 15.4. The first-order valence-electron chi connectivity index (χ1n) is 6.99. The van der Waals surface area contributed by atoms with Crippen LogP contribution in [0.5, 0.6) is 0 Å². The standard InChI is InChI=1S/C17H14BrClN4/c1-11-10-13(19)4-7-15(11)22-17-20-9-8-16(23-17)21-14-5-2-12(18)3-6-14/h2-10H,1H3,(H2,20,21,22,23). The van der Waals surface area contributed by atoms with Crippen LogP contribution < -0.4 is 10.6 Å². The number of halogens is 2. The third-order valence-electron chi connectivity index (χ3n) is 3.21. The molecule has 0 aliphatic carbocycles. The SMILES string of the molecule is Cc1cc(Cl)ccc1Nc1nccc(Nc2ccc(Br)cc2)n1. The van der Waals surface area contributed by atoms with Crippen LogP contribution in [-0.4, -0.2) is 9.97 Å². The molecule has 0 saturated heterocycles. The van der Waals surface area contributed by atoms with Crippen molar-refractivity contribution in [1.82, 2.24) is 9.97 Å². The summed E-state index contributed by atoms with van der Waals surface area (Å²) < 4.78 is 1.03. The lowest BCUT2D eigenvalue weighted by Crippen LogP contribution is -2.01. The van der Waals surface area contributed by atoms with Crippen molar-refractivity contribution in [1.29, 1.82) is 0 Å². The maximum atomic E-state index is 5.97. The first-order chi connectivity index (χ1) is 11.1. The number of hydrogen-bond donors (Lipinski definition) is 2. The number of aromatic nitrogens is 2. The van der Waals surface area contributed by atoms with Gasteiger partial charge in [0.25, 0.3) is 0 Å². The van der Waals surface area contributed by atoms with Gasteiger partial charge in [0.1, 0.15) is 5.82 Å². The summed E-state index contributed by atoms with van der Waals surface area (Å²) in [5.41, 5.74) is 2.92. The minimum absolute atomic E-state index is 0.525. The lowest BCUT2D eigenvalue weighted by atomic mass is 10.2. The van der Waals surface area contributed by atoms with Crippen molar-refractivity contribution < 1.29 is 0 Å². The van der Waals surface area contributed by atoms with E-state index >= 15 is 0 Å². The summed E-state index contributed by atoms with van der Waals surface area (Å²) in [6.45, 7) is 1.98. The summed E-state index contributed by atoms with van der Waals surface area (Å²) in [5.74, 6) is 1.24. The Hall–Kier alpha value is -2.11. The Kier molecular flexibility index (Phi) is 4.79. The molecule has 0 radical (unpaired) electrons. The zero-order valence-electron chi connectivity index (χ0n) is 12.3. The van der Waals surface area contributed by atoms with E-state index < -0.39 is 0 Å². The van der Waals surface area contributed by atoms with Crippen molar-refractivity contribution in [3.8, 4) is 0 Å². The Labute approximate surface area is 148 Å². The molecule has 116 valence electrons. The quantitative estimate of drug-likeness (QED) is 0.602. The number of anilines is 4. The van der Waals surface area contributed by atoms with Gasteiger partial charge >= 0.3 is 0 Å². The van der Waals surface area contributed by atoms with Crippen LogP contribution in [0.15, 0.2) is 59.2 Å². The van der Waals surface area contributed by atoms with Gasteiger partial charge in [0.05, 0.1) is 0 Å². The maximum Gasteiger partial charge on any atom is 0.229 e. The molecule has 3 rings (SSSR count). The first-order valence-corrected chi connectivity index (χ1v) is 8.16. The summed E-state index contributed by atoms with van der Waals surface area (Å²) in [4.78, 5) is 8.72. The van der Waals surface area contributed by atoms with Crippen LogP contribution in [0.1, 0.15) is 5.56 Å². The molecule has 0 saturated carbocycles. The highest BCUT2D eigenvalue weighted by molar-refractivity contribution is 9.10. The van der Waals surface area contributed by atoms with Crippen molar-refractivity contribution in [2.24, 2.45) is 0 Å². The number of nitrogens with one attached hydrogen (secondary N) is 2. The van der Waals surface area contributed by atoms with Gasteiger partial charge in [-0.15, -0.1) is 0 Å². The van der Waals surface area contributed by atoms with E-state index in [9.17, 15) is 0 Å². The molecule has 0 atom stereocenters. The third kappa shape index (κ3) is 4.21. The fourth-order valence-electron chi connectivity index (χ4n) is 2.06. The predicted molar refractivity (Wildman–Crippen MR) is 98.9 cm³/mol. The second-order valence-electron chi connectivity index (χ2n) is 4.98. The Bertz CT molecular complexity index is 821. The lowest BCUT2D eigenvalue weighted by molar-refractivity contribution is 1.16.